The van der Waals surface area contributed by atoms with Crippen LogP contribution in [0.25, 0.3) is 0 Å². The Labute approximate surface area is 115 Å². The molecule has 0 bridgehead atoms. The highest BCUT2D eigenvalue weighted by Crippen LogP contribution is 2.28. The number of likely N-dealkylation sites (tertiary alicyclic amines) is 1. The molecule has 1 N–H and O–H groups in total. The fraction of sp³-hybridized carbons (Fsp3) is 0.929. The van der Waals surface area contributed by atoms with Crippen LogP contribution < -0.4 is 5.32 Å². The van der Waals surface area contributed by atoms with Crippen LogP contribution in [0.3, 0.4) is 0 Å². The van der Waals surface area contributed by atoms with Crippen LogP contribution >= 0.6 is 11.8 Å². The number of hydrogen-bond acceptors (Lipinski definition) is 3. The predicted octanol–water partition coefficient (Wildman–Crippen LogP) is 2.26. The van der Waals surface area contributed by atoms with Crippen LogP contribution in [0.1, 0.15) is 45.4 Å². The van der Waals surface area contributed by atoms with Gasteiger partial charge in [0.05, 0.1) is 6.04 Å². The van der Waals surface area contributed by atoms with Crippen LogP contribution in [0.15, 0.2) is 0 Å². The van der Waals surface area contributed by atoms with Gasteiger partial charge in [0.2, 0.25) is 5.91 Å². The Morgan fingerprint density at radius 1 is 1.28 bits per heavy atom. The van der Waals surface area contributed by atoms with Gasteiger partial charge in [0.15, 0.2) is 0 Å². The number of likely N-dealkylation sites (N-methyl/N-ethyl adjacent to an activating group) is 1. The first-order valence-corrected chi connectivity index (χ1v) is 8.36. The highest BCUT2D eigenvalue weighted by Gasteiger charge is 2.31. The van der Waals surface area contributed by atoms with Gasteiger partial charge in [0.25, 0.3) is 0 Å². The number of nitrogens with zero attached hydrogens (tertiary/aromatic N) is 1. The summed E-state index contributed by atoms with van der Waals surface area (Å²) in [5.74, 6) is 1.60. The van der Waals surface area contributed by atoms with E-state index in [1.165, 1.54) is 25.0 Å². The lowest BCUT2D eigenvalue weighted by Gasteiger charge is -2.34. The van der Waals surface area contributed by atoms with Crippen molar-refractivity contribution in [2.24, 2.45) is 0 Å². The zero-order valence-electron chi connectivity index (χ0n) is 11.7. The first-order valence-electron chi connectivity index (χ1n) is 7.31. The molecule has 2 heterocycles. The van der Waals surface area contributed by atoms with E-state index in [9.17, 15) is 4.79 Å². The lowest BCUT2D eigenvalue weighted by Crippen LogP contribution is -2.49. The van der Waals surface area contributed by atoms with Gasteiger partial charge in [0.1, 0.15) is 0 Å². The van der Waals surface area contributed by atoms with Gasteiger partial charge in [-0.3, -0.25) is 4.79 Å². The molecule has 0 aromatic rings. The molecule has 0 radical (unpaired) electrons. The number of carbonyl (C=O) groups excluding carboxylic acids is 1. The summed E-state index contributed by atoms with van der Waals surface area (Å²) in [6.07, 6.45) is 7.28. The van der Waals surface area contributed by atoms with Gasteiger partial charge < -0.3 is 10.2 Å². The third kappa shape index (κ3) is 3.41. The molecule has 4 heteroatoms. The SMILES string of the molecule is CNC1CCCC(C)N(CC2CCCCS2)C1=O. The average molecular weight is 270 g/mol. The first kappa shape index (κ1) is 14.2. The van der Waals surface area contributed by atoms with E-state index in [-0.39, 0.29) is 6.04 Å². The Bertz CT molecular complexity index is 279. The second kappa shape index (κ2) is 6.80. The summed E-state index contributed by atoms with van der Waals surface area (Å²) in [5, 5.41) is 3.85. The molecule has 3 unspecified atom stereocenters. The van der Waals surface area contributed by atoms with E-state index < -0.39 is 0 Å². The third-order valence-electron chi connectivity index (χ3n) is 4.25. The molecule has 2 aliphatic rings. The van der Waals surface area contributed by atoms with Gasteiger partial charge in [-0.2, -0.15) is 11.8 Å². The molecule has 2 rings (SSSR count). The molecule has 3 atom stereocenters. The van der Waals surface area contributed by atoms with E-state index in [0.29, 0.717) is 17.2 Å². The molecule has 1 amide bonds. The summed E-state index contributed by atoms with van der Waals surface area (Å²) in [6, 6.07) is 0.460. The molecule has 0 saturated carbocycles. The van der Waals surface area contributed by atoms with Crippen LogP contribution in [0.2, 0.25) is 0 Å². The van der Waals surface area contributed by atoms with Crippen molar-refractivity contribution < 1.29 is 4.79 Å². The molecular weight excluding hydrogens is 244 g/mol. The van der Waals surface area contributed by atoms with E-state index in [1.54, 1.807) is 0 Å². The summed E-state index contributed by atoms with van der Waals surface area (Å²) in [4.78, 5) is 14.7. The Balaban J connectivity index is 1.99. The maximum atomic E-state index is 12.5. The molecule has 0 aromatic heterocycles. The lowest BCUT2D eigenvalue weighted by atomic mass is 10.1. The van der Waals surface area contributed by atoms with Crippen LogP contribution in [0, 0.1) is 0 Å². The molecule has 104 valence electrons. The van der Waals surface area contributed by atoms with Gasteiger partial charge >= 0.3 is 0 Å². The molecule has 0 spiro atoms. The molecule has 18 heavy (non-hydrogen) atoms. The van der Waals surface area contributed by atoms with E-state index >= 15 is 0 Å². The number of rotatable bonds is 3. The second-order valence-corrected chi connectivity index (χ2v) is 7.01. The summed E-state index contributed by atoms with van der Waals surface area (Å²) < 4.78 is 0. The molecule has 0 aliphatic carbocycles. The fourth-order valence-electron chi connectivity index (χ4n) is 3.02. The molecule has 0 aromatic carbocycles. The minimum atomic E-state index is 0.0449. The van der Waals surface area contributed by atoms with Crippen molar-refractivity contribution in [3.63, 3.8) is 0 Å². The van der Waals surface area contributed by atoms with Crippen molar-refractivity contribution in [2.75, 3.05) is 19.3 Å². The van der Waals surface area contributed by atoms with Gasteiger partial charge in [-0.05, 0) is 51.8 Å². The molecule has 2 saturated heterocycles. The van der Waals surface area contributed by atoms with E-state index in [4.69, 9.17) is 0 Å². The van der Waals surface area contributed by atoms with Crippen LogP contribution in [0.4, 0.5) is 0 Å². The smallest absolute Gasteiger partial charge is 0.239 e. The minimum absolute atomic E-state index is 0.0449. The molecule has 2 aliphatic heterocycles. The molecule has 2 fully saturated rings. The van der Waals surface area contributed by atoms with Gasteiger partial charge in [0, 0.05) is 17.8 Å². The molecular formula is C14H26N2OS. The first-order chi connectivity index (χ1) is 8.72. The Hall–Kier alpha value is -0.220. The average Bonchev–Trinajstić information content (AvgIpc) is 2.53. The number of nitrogens with one attached hydrogen (secondary N) is 1. The quantitative estimate of drug-likeness (QED) is 0.854. The fourth-order valence-corrected chi connectivity index (χ4v) is 4.33. The predicted molar refractivity (Wildman–Crippen MR) is 78.0 cm³/mol. The Morgan fingerprint density at radius 2 is 2.11 bits per heavy atom. The van der Waals surface area contributed by atoms with Crippen molar-refractivity contribution in [3.05, 3.63) is 0 Å². The zero-order valence-corrected chi connectivity index (χ0v) is 12.5. The highest BCUT2D eigenvalue weighted by molar-refractivity contribution is 7.99. The highest BCUT2D eigenvalue weighted by atomic mass is 32.2. The van der Waals surface area contributed by atoms with Crippen molar-refractivity contribution in [1.82, 2.24) is 10.2 Å². The summed E-state index contributed by atoms with van der Waals surface area (Å²) in [6.45, 7) is 3.17. The van der Waals surface area contributed by atoms with Gasteiger partial charge in [-0.1, -0.05) is 6.42 Å². The second-order valence-electron chi connectivity index (χ2n) is 5.60. The number of amides is 1. The largest absolute Gasteiger partial charge is 0.338 e. The monoisotopic (exact) mass is 270 g/mol. The maximum absolute atomic E-state index is 12.5. The van der Waals surface area contributed by atoms with Crippen LogP contribution in [0.5, 0.6) is 0 Å². The number of thioether (sulfide) groups is 1. The maximum Gasteiger partial charge on any atom is 0.239 e. The van der Waals surface area contributed by atoms with Crippen LogP contribution in [-0.2, 0) is 4.79 Å². The van der Waals surface area contributed by atoms with Crippen LogP contribution in [-0.4, -0.2) is 47.5 Å². The molecule has 3 nitrogen and oxygen atoms in total. The normalized spacial score (nSPS) is 34.4. The van der Waals surface area contributed by atoms with E-state index in [1.807, 2.05) is 7.05 Å². The van der Waals surface area contributed by atoms with Crippen molar-refractivity contribution >= 4 is 17.7 Å². The summed E-state index contributed by atoms with van der Waals surface area (Å²) in [7, 11) is 1.91. The van der Waals surface area contributed by atoms with Crippen molar-refractivity contribution in [2.45, 2.75) is 62.8 Å². The van der Waals surface area contributed by atoms with E-state index in [0.717, 1.165) is 25.8 Å². The topological polar surface area (TPSA) is 32.3 Å². The van der Waals surface area contributed by atoms with Crippen molar-refractivity contribution in [3.8, 4) is 0 Å². The van der Waals surface area contributed by atoms with E-state index in [2.05, 4.69) is 28.9 Å². The van der Waals surface area contributed by atoms with Gasteiger partial charge in [-0.15, -0.1) is 0 Å². The summed E-state index contributed by atoms with van der Waals surface area (Å²) >= 11 is 2.06. The summed E-state index contributed by atoms with van der Waals surface area (Å²) in [5.41, 5.74) is 0. The Kier molecular flexibility index (Phi) is 5.37. The Morgan fingerprint density at radius 3 is 2.78 bits per heavy atom. The lowest BCUT2D eigenvalue weighted by molar-refractivity contribution is -0.134. The standard InChI is InChI=1S/C14H26N2OS/c1-11-6-5-8-13(15-2)14(17)16(11)10-12-7-3-4-9-18-12/h11-13,15H,3-10H2,1-2H3. The number of hydrogen-bond donors (Lipinski definition) is 1. The minimum Gasteiger partial charge on any atom is -0.338 e. The zero-order chi connectivity index (χ0) is 13.0. The number of carbonyl (C=O) groups is 1. The van der Waals surface area contributed by atoms with Crippen molar-refractivity contribution in [1.29, 1.82) is 0 Å². The third-order valence-corrected chi connectivity index (χ3v) is 5.63. The van der Waals surface area contributed by atoms with Gasteiger partial charge in [-0.25, -0.2) is 0 Å².